The van der Waals surface area contributed by atoms with Crippen LogP contribution in [0.5, 0.6) is 5.75 Å². The minimum absolute atomic E-state index is 0.460. The van der Waals surface area contributed by atoms with Crippen molar-refractivity contribution in [3.63, 3.8) is 0 Å². The van der Waals surface area contributed by atoms with Crippen LogP contribution in [0.4, 0.5) is 0 Å². The number of nitrogens with one attached hydrogen (secondary N) is 1. The summed E-state index contributed by atoms with van der Waals surface area (Å²) in [6.45, 7) is 4.79. The van der Waals surface area contributed by atoms with Crippen molar-refractivity contribution in [2.24, 2.45) is 0 Å². The molecule has 0 amide bonds. The molecule has 24 heavy (non-hydrogen) atoms. The largest absolute Gasteiger partial charge is 0.490 e. The second kappa shape index (κ2) is 6.61. The first-order valence-electron chi connectivity index (χ1n) is 8.50. The molecule has 2 aromatic heterocycles. The number of aromatic amines is 1. The van der Waals surface area contributed by atoms with Crippen LogP contribution in [0.1, 0.15) is 24.1 Å². The molecule has 0 aliphatic carbocycles. The van der Waals surface area contributed by atoms with E-state index in [2.05, 4.69) is 38.3 Å². The second-order valence-electron chi connectivity index (χ2n) is 6.46. The van der Waals surface area contributed by atoms with Gasteiger partial charge in [-0.25, -0.2) is 0 Å². The van der Waals surface area contributed by atoms with E-state index in [1.54, 1.807) is 6.20 Å². The molecule has 0 saturated carbocycles. The summed E-state index contributed by atoms with van der Waals surface area (Å²) in [5.74, 6) is 0.892. The van der Waals surface area contributed by atoms with Crippen molar-refractivity contribution in [1.82, 2.24) is 20.1 Å². The number of hydrogen-bond donors (Lipinski definition) is 1. The minimum atomic E-state index is 0.460. The van der Waals surface area contributed by atoms with E-state index < -0.39 is 0 Å². The van der Waals surface area contributed by atoms with Gasteiger partial charge in [0.25, 0.3) is 0 Å². The molecule has 3 heterocycles. The molecule has 1 N–H and O–H groups in total. The molecule has 1 atom stereocenters. The van der Waals surface area contributed by atoms with E-state index in [1.165, 1.54) is 18.4 Å². The summed E-state index contributed by atoms with van der Waals surface area (Å²) in [6, 6.07) is 10.9. The van der Waals surface area contributed by atoms with Gasteiger partial charge in [-0.15, -0.1) is 0 Å². The molecule has 5 heteroatoms. The van der Waals surface area contributed by atoms with Gasteiger partial charge in [-0.05, 0) is 50.1 Å². The average molecular weight is 322 g/mol. The van der Waals surface area contributed by atoms with Crippen molar-refractivity contribution in [3.8, 4) is 5.75 Å². The lowest BCUT2D eigenvalue weighted by molar-refractivity contribution is 0.166. The number of nitrogens with zero attached hydrogens (tertiary/aromatic N) is 3. The highest BCUT2D eigenvalue weighted by Crippen LogP contribution is 2.23. The van der Waals surface area contributed by atoms with Crippen LogP contribution in [0.3, 0.4) is 0 Å². The van der Waals surface area contributed by atoms with Crippen molar-refractivity contribution in [1.29, 1.82) is 0 Å². The third-order valence-electron chi connectivity index (χ3n) is 4.78. The summed E-state index contributed by atoms with van der Waals surface area (Å²) in [5.41, 5.74) is 3.37. The summed E-state index contributed by atoms with van der Waals surface area (Å²) in [6.07, 6.45) is 6.08. The minimum Gasteiger partial charge on any atom is -0.490 e. The fourth-order valence-corrected chi connectivity index (χ4v) is 3.42. The third kappa shape index (κ3) is 3.12. The quantitative estimate of drug-likeness (QED) is 0.783. The molecule has 1 aliphatic rings. The Morgan fingerprint density at radius 1 is 1.33 bits per heavy atom. The van der Waals surface area contributed by atoms with Crippen molar-refractivity contribution in [2.75, 3.05) is 13.2 Å². The summed E-state index contributed by atoms with van der Waals surface area (Å²) in [7, 11) is 0. The highest BCUT2D eigenvalue weighted by molar-refractivity contribution is 5.78. The Bertz CT molecular complexity index is 829. The van der Waals surface area contributed by atoms with Gasteiger partial charge >= 0.3 is 0 Å². The molecule has 4 rings (SSSR count). The van der Waals surface area contributed by atoms with Crippen LogP contribution in [-0.4, -0.2) is 39.3 Å². The number of hydrogen-bond acceptors (Lipinski definition) is 4. The average Bonchev–Trinajstić information content (AvgIpc) is 3.23. The number of aryl methyl sites for hydroxylation is 1. The first kappa shape index (κ1) is 15.1. The topological polar surface area (TPSA) is 54.0 Å². The predicted molar refractivity (Wildman–Crippen MR) is 94.0 cm³/mol. The number of benzene rings is 1. The van der Waals surface area contributed by atoms with Crippen LogP contribution in [-0.2, 0) is 6.54 Å². The summed E-state index contributed by atoms with van der Waals surface area (Å²) < 4.78 is 6.03. The molecule has 124 valence electrons. The van der Waals surface area contributed by atoms with Crippen molar-refractivity contribution >= 4 is 10.9 Å². The van der Waals surface area contributed by atoms with Crippen LogP contribution < -0.4 is 4.74 Å². The van der Waals surface area contributed by atoms with E-state index in [0.717, 1.165) is 42.0 Å². The standard InChI is InChI=1S/C19H22N4O/c1-14-19(5-2-8-20-14)24-13-17-4-3-9-23(17)12-15-6-7-16-11-21-22-18(16)10-15/h2,5-8,10-11,17H,3-4,9,12-13H2,1H3,(H,21,22). The lowest BCUT2D eigenvalue weighted by Crippen LogP contribution is -2.33. The molecule has 1 aromatic carbocycles. The molecule has 1 unspecified atom stereocenters. The van der Waals surface area contributed by atoms with Gasteiger partial charge in [0, 0.05) is 24.2 Å². The third-order valence-corrected chi connectivity index (χ3v) is 4.78. The van der Waals surface area contributed by atoms with E-state index in [-0.39, 0.29) is 0 Å². The van der Waals surface area contributed by atoms with E-state index in [1.807, 2.05) is 25.3 Å². The maximum atomic E-state index is 6.03. The lowest BCUT2D eigenvalue weighted by Gasteiger charge is -2.24. The van der Waals surface area contributed by atoms with E-state index in [9.17, 15) is 0 Å². The second-order valence-corrected chi connectivity index (χ2v) is 6.46. The monoisotopic (exact) mass is 322 g/mol. The van der Waals surface area contributed by atoms with Gasteiger partial charge < -0.3 is 4.74 Å². The number of fused-ring (bicyclic) bond motifs is 1. The van der Waals surface area contributed by atoms with Gasteiger partial charge in [-0.2, -0.15) is 5.10 Å². The van der Waals surface area contributed by atoms with E-state index in [0.29, 0.717) is 6.04 Å². The molecule has 0 spiro atoms. The fraction of sp³-hybridized carbons (Fsp3) is 0.368. The molecule has 0 bridgehead atoms. The first-order valence-corrected chi connectivity index (χ1v) is 8.50. The highest BCUT2D eigenvalue weighted by atomic mass is 16.5. The van der Waals surface area contributed by atoms with Gasteiger partial charge in [-0.1, -0.05) is 12.1 Å². The molecule has 3 aromatic rings. The normalized spacial score (nSPS) is 18.3. The first-order chi connectivity index (χ1) is 11.8. The number of H-pyrrole nitrogens is 1. The van der Waals surface area contributed by atoms with Gasteiger partial charge in [0.1, 0.15) is 12.4 Å². The highest BCUT2D eigenvalue weighted by Gasteiger charge is 2.25. The molecule has 5 nitrogen and oxygen atoms in total. The van der Waals surface area contributed by atoms with Gasteiger partial charge in [0.05, 0.1) is 17.4 Å². The predicted octanol–water partition coefficient (Wildman–Crippen LogP) is 3.31. The Labute approximate surface area is 141 Å². The molecule has 1 fully saturated rings. The van der Waals surface area contributed by atoms with Crippen LogP contribution in [0, 0.1) is 6.92 Å². The number of pyridine rings is 1. The molecular formula is C19H22N4O. The zero-order valence-corrected chi connectivity index (χ0v) is 13.9. The number of ether oxygens (including phenoxy) is 1. The maximum Gasteiger partial charge on any atom is 0.140 e. The summed E-state index contributed by atoms with van der Waals surface area (Å²) in [4.78, 5) is 6.80. The Morgan fingerprint density at radius 2 is 2.29 bits per heavy atom. The molecular weight excluding hydrogens is 300 g/mol. The number of aromatic nitrogens is 3. The number of rotatable bonds is 5. The smallest absolute Gasteiger partial charge is 0.140 e. The maximum absolute atomic E-state index is 6.03. The SMILES string of the molecule is Cc1ncccc1OCC1CCCN1Cc1ccc2cn[nH]c2c1. The number of likely N-dealkylation sites (tertiary alicyclic amines) is 1. The summed E-state index contributed by atoms with van der Waals surface area (Å²) >= 11 is 0. The fourth-order valence-electron chi connectivity index (χ4n) is 3.42. The zero-order chi connectivity index (χ0) is 16.4. The van der Waals surface area contributed by atoms with Crippen LogP contribution in [0.2, 0.25) is 0 Å². The Kier molecular flexibility index (Phi) is 4.17. The van der Waals surface area contributed by atoms with Crippen molar-refractivity contribution in [3.05, 3.63) is 54.0 Å². The van der Waals surface area contributed by atoms with Crippen LogP contribution in [0.15, 0.2) is 42.7 Å². The molecule has 0 radical (unpaired) electrons. The van der Waals surface area contributed by atoms with Gasteiger partial charge in [0.2, 0.25) is 0 Å². The Balaban J connectivity index is 1.41. The van der Waals surface area contributed by atoms with Gasteiger partial charge in [-0.3, -0.25) is 15.0 Å². The van der Waals surface area contributed by atoms with Crippen LogP contribution in [0.25, 0.3) is 10.9 Å². The summed E-state index contributed by atoms with van der Waals surface area (Å²) in [5, 5.41) is 8.30. The van der Waals surface area contributed by atoms with Crippen molar-refractivity contribution in [2.45, 2.75) is 32.4 Å². The Morgan fingerprint density at radius 3 is 3.21 bits per heavy atom. The lowest BCUT2D eigenvalue weighted by atomic mass is 10.1. The molecule has 1 aliphatic heterocycles. The van der Waals surface area contributed by atoms with Crippen molar-refractivity contribution < 1.29 is 4.74 Å². The Hall–Kier alpha value is -2.40. The van der Waals surface area contributed by atoms with Gasteiger partial charge in [0.15, 0.2) is 0 Å². The molecule has 1 saturated heterocycles. The van der Waals surface area contributed by atoms with Crippen LogP contribution >= 0.6 is 0 Å². The van der Waals surface area contributed by atoms with E-state index >= 15 is 0 Å². The van der Waals surface area contributed by atoms with E-state index in [4.69, 9.17) is 4.74 Å². The zero-order valence-electron chi connectivity index (χ0n) is 13.9.